The fraction of sp³-hybridized carbons (Fsp3) is 0.574. The van der Waals surface area contributed by atoms with E-state index in [-0.39, 0.29) is 47.6 Å². The Bertz CT molecular complexity index is 2850. The third-order valence-corrected chi connectivity index (χ3v) is 14.0. The molecule has 2 aromatic heterocycles. The van der Waals surface area contributed by atoms with Gasteiger partial charge in [-0.1, -0.05) is 23.5 Å². The lowest BCUT2D eigenvalue weighted by Gasteiger charge is -2.49. The van der Waals surface area contributed by atoms with Crippen LogP contribution >= 0.6 is 23.5 Å². The molecule has 2 aliphatic rings. The van der Waals surface area contributed by atoms with E-state index in [4.69, 9.17) is 0 Å². The van der Waals surface area contributed by atoms with Crippen LogP contribution in [-0.4, -0.2) is 202 Å². The van der Waals surface area contributed by atoms with Gasteiger partial charge in [0.15, 0.2) is 33.6 Å². The van der Waals surface area contributed by atoms with Crippen LogP contribution in [0.25, 0.3) is 22.1 Å². The first-order chi connectivity index (χ1) is 38.1. The number of imidazole rings is 2. The van der Waals surface area contributed by atoms with Gasteiger partial charge in [-0.05, 0) is 20.8 Å². The molecule has 2 fully saturated rings. The third kappa shape index (κ3) is 15.3. The van der Waals surface area contributed by atoms with E-state index in [1.165, 1.54) is 0 Å². The smallest absolute Gasteiger partial charge is 0.443 e. The zero-order valence-corrected chi connectivity index (χ0v) is 45.7. The molecular weight excluding hydrogens is 1180 g/mol. The monoisotopic (exact) mass is 1230 g/mol. The van der Waals surface area contributed by atoms with E-state index in [0.717, 1.165) is 79.4 Å². The lowest BCUT2D eigenvalue weighted by atomic mass is 9.92. The van der Waals surface area contributed by atoms with Crippen LogP contribution in [0.2, 0.25) is 0 Å². The first-order valence-corrected chi connectivity index (χ1v) is 26.1. The number of carbonyl (C=O) groups excluding carboxylic acids is 6. The molecule has 0 spiro atoms. The van der Waals surface area contributed by atoms with E-state index in [1.807, 2.05) is 0 Å². The van der Waals surface area contributed by atoms with Gasteiger partial charge in [0.05, 0.1) is 22.1 Å². The highest BCUT2D eigenvalue weighted by Gasteiger charge is 2.68. The van der Waals surface area contributed by atoms with Crippen molar-refractivity contribution < 1.29 is 114 Å². The highest BCUT2D eigenvalue weighted by atomic mass is 32.2. The summed E-state index contributed by atoms with van der Waals surface area (Å²) in [5.41, 5.74) is -14.9. The van der Waals surface area contributed by atoms with Crippen LogP contribution < -0.4 is 5.32 Å². The minimum atomic E-state index is -5.17. The topological polar surface area (TPSA) is 237 Å². The molecule has 3 unspecified atom stereocenters. The van der Waals surface area contributed by atoms with Gasteiger partial charge in [-0.3, -0.25) is 29.1 Å². The molecule has 1 amide bonds. The number of benzene rings is 2. The molecule has 0 radical (unpaired) electrons. The first kappa shape index (κ1) is 66.5. The van der Waals surface area contributed by atoms with Gasteiger partial charge in [-0.2, -0.15) is 26.3 Å². The Balaban J connectivity index is 0.000000510. The normalized spacial score (nSPS) is 18.7. The number of amides is 1. The fourth-order valence-electron chi connectivity index (χ4n) is 7.55. The van der Waals surface area contributed by atoms with E-state index in [2.05, 4.69) is 58.6 Å². The predicted octanol–water partition coefficient (Wildman–Crippen LogP) is 7.00. The molecule has 2 saturated heterocycles. The number of esters is 5. The highest BCUT2D eigenvalue weighted by Crippen LogP contribution is 2.42. The van der Waals surface area contributed by atoms with Crippen LogP contribution in [0.5, 0.6) is 0 Å². The number of fused-ring (bicyclic) bond motifs is 2. The Labute approximate surface area is 465 Å². The van der Waals surface area contributed by atoms with Crippen molar-refractivity contribution in [2.24, 2.45) is 0 Å². The van der Waals surface area contributed by atoms with Gasteiger partial charge >= 0.3 is 54.3 Å². The van der Waals surface area contributed by atoms with Gasteiger partial charge in [0.25, 0.3) is 5.54 Å². The maximum absolute atomic E-state index is 15.3. The number of thioether (sulfide) groups is 2. The summed E-state index contributed by atoms with van der Waals surface area (Å²) in [7, 11) is 0. The van der Waals surface area contributed by atoms with Gasteiger partial charge in [0.1, 0.15) is 20.0 Å². The van der Waals surface area contributed by atoms with Crippen molar-refractivity contribution in [3.05, 3.63) is 47.5 Å². The van der Waals surface area contributed by atoms with Crippen molar-refractivity contribution in [2.45, 2.75) is 92.5 Å². The number of nitrogens with zero attached hydrogens (tertiary/aromatic N) is 5. The molecule has 0 aliphatic carbocycles. The summed E-state index contributed by atoms with van der Waals surface area (Å²) in [6.45, 7) is -4.51. The summed E-state index contributed by atoms with van der Waals surface area (Å²) >= 11 is 2.37. The predicted molar refractivity (Wildman–Crippen MR) is 261 cm³/mol. The van der Waals surface area contributed by atoms with Crippen molar-refractivity contribution in [3.8, 4) is 0 Å². The molecule has 20 nitrogen and oxygen atoms in total. The second-order valence-electron chi connectivity index (χ2n) is 18.8. The molecule has 3 N–H and O–H groups in total. The fourth-order valence-corrected chi connectivity index (χ4v) is 9.33. The number of nitrogens with one attached hydrogen (secondary N) is 3. The summed E-state index contributed by atoms with van der Waals surface area (Å²) < 4.78 is 214. The number of H-pyrrole nitrogens is 2. The number of hydrogen-bond acceptors (Lipinski definition) is 19. The summed E-state index contributed by atoms with van der Waals surface area (Å²) in [6.07, 6.45) is -17.8. The van der Waals surface area contributed by atoms with Crippen LogP contribution in [0.1, 0.15) is 41.5 Å². The minimum Gasteiger partial charge on any atom is -0.444 e. The summed E-state index contributed by atoms with van der Waals surface area (Å²) in [4.78, 5) is 94.1. The number of carbonyl (C=O) groups is 6. The molecule has 4 aromatic rings. The Morgan fingerprint density at radius 2 is 0.915 bits per heavy atom. The summed E-state index contributed by atoms with van der Waals surface area (Å²) in [5, 5.41) is 4.02. The summed E-state index contributed by atoms with van der Waals surface area (Å²) in [5.74, 6) is -14.1. The second kappa shape index (κ2) is 26.5. The van der Waals surface area contributed by atoms with Crippen LogP contribution in [0, 0.1) is 23.3 Å². The molecule has 0 bridgehead atoms. The van der Waals surface area contributed by atoms with E-state index in [1.54, 1.807) is 11.8 Å². The van der Waals surface area contributed by atoms with E-state index < -0.39 is 146 Å². The molecule has 0 saturated carbocycles. The number of rotatable bonds is 22. The Kier molecular flexibility index (Phi) is 21.5. The molecule has 2 aliphatic heterocycles. The molecule has 6 rings (SSSR count). The maximum Gasteiger partial charge on any atom is 0.443 e. The first-order valence-electron chi connectivity index (χ1n) is 24.1. The van der Waals surface area contributed by atoms with Gasteiger partial charge < -0.3 is 43.7 Å². The largest absolute Gasteiger partial charge is 0.444 e. The van der Waals surface area contributed by atoms with E-state index in [9.17, 15) is 59.5 Å². The zero-order valence-electron chi connectivity index (χ0n) is 44.1. The number of piperazine rings is 2. The number of alkyl halides is 9. The van der Waals surface area contributed by atoms with Crippen molar-refractivity contribution in [1.82, 2.24) is 40.0 Å². The lowest BCUT2D eigenvalue weighted by Crippen LogP contribution is -2.75. The van der Waals surface area contributed by atoms with Crippen LogP contribution in [0.3, 0.4) is 0 Å². The molecule has 2 aromatic carbocycles. The number of aromatic nitrogens is 4. The number of ether oxygens (including phenoxy) is 6. The van der Waals surface area contributed by atoms with Crippen LogP contribution in [0.15, 0.2) is 34.6 Å². The highest BCUT2D eigenvalue weighted by molar-refractivity contribution is 7.99. The van der Waals surface area contributed by atoms with E-state index >= 15 is 26.3 Å². The standard InChI is InChI=1S/C34H37F11N4O12S.C13H16F2N4S/c1-17(50)56-32(40,41)28(4,13-35)59-24(53)31(25(54)60-29(5,14-36)33(42,43)57-18(2)51)16-48(9-10-62-26-46-22-11-20(38)21(39)12-23(22)47-26)7-8-49(31)27(55)61-30(6,15-37)34(44,45)58-19(3)52;14-9-7-11-12(8-10(9)15)18-13(17-11)20-6-5-19-3-1-16-2-4-19/h11-12H,7-10,13-16H2,1-6H3,(H,46,47);7-8,16H,1-6H2,(H,17,18). The Morgan fingerprint density at radius 3 is 1.29 bits per heavy atom. The van der Waals surface area contributed by atoms with Gasteiger partial charge in [-0.25, -0.2) is 55.1 Å². The Hall–Kier alpha value is -6.33. The maximum atomic E-state index is 15.3. The second-order valence-corrected chi connectivity index (χ2v) is 21.0. The van der Waals surface area contributed by atoms with Crippen molar-refractivity contribution >= 4 is 81.5 Å². The molecular formula is C47H53F13N8O12S2. The SMILES string of the molecule is CC(=O)OC(F)(F)C(C)(CF)OC(=O)N1CCN(CCSc2nc3cc(F)c(F)cc3[nH]2)CC1(C(=O)OC(C)(CF)C(F)(F)OC(C)=O)C(=O)OC(C)(CF)C(F)(F)OC(C)=O.Fc1cc2nc(SCCN3CCNCC3)[nH]c2cc1F. The number of aromatic amines is 2. The molecule has 82 heavy (non-hydrogen) atoms. The Morgan fingerprint density at radius 1 is 0.549 bits per heavy atom. The molecule has 4 heterocycles. The van der Waals surface area contributed by atoms with Gasteiger partial charge in [-0.15, -0.1) is 0 Å². The van der Waals surface area contributed by atoms with Crippen molar-refractivity contribution in [2.75, 3.05) is 90.4 Å². The third-order valence-electron chi connectivity index (χ3n) is 12.3. The molecule has 3 atom stereocenters. The van der Waals surface area contributed by atoms with Gasteiger partial charge in [0.2, 0.25) is 16.8 Å². The van der Waals surface area contributed by atoms with Gasteiger partial charge in [0, 0.05) is 115 Å². The average molecular weight is 1230 g/mol. The average Bonchev–Trinajstić information content (AvgIpc) is 4.07. The van der Waals surface area contributed by atoms with Crippen LogP contribution in [0.4, 0.5) is 61.9 Å². The van der Waals surface area contributed by atoms with Crippen LogP contribution in [-0.2, 0) is 52.4 Å². The molecule has 456 valence electrons. The number of hydrogen-bond donors (Lipinski definition) is 3. The van der Waals surface area contributed by atoms with E-state index in [0.29, 0.717) is 37.0 Å². The van der Waals surface area contributed by atoms with Crippen molar-refractivity contribution in [3.63, 3.8) is 0 Å². The zero-order chi connectivity index (χ0) is 61.4. The lowest BCUT2D eigenvalue weighted by molar-refractivity contribution is -0.322. The minimum absolute atomic E-state index is 0.00524. The summed E-state index contributed by atoms with van der Waals surface area (Å²) in [6, 6.07) is 3.80. The van der Waals surface area contributed by atoms with Crippen molar-refractivity contribution in [1.29, 1.82) is 0 Å². The number of halogens is 13. The molecule has 35 heteroatoms. The quantitative estimate of drug-likeness (QED) is 0.0236.